The third-order valence-corrected chi connectivity index (χ3v) is 4.60. The van der Waals surface area contributed by atoms with Gasteiger partial charge in [-0.1, -0.05) is 13.8 Å². The summed E-state index contributed by atoms with van der Waals surface area (Å²) in [6.07, 6.45) is 1.49. The highest BCUT2D eigenvalue weighted by Gasteiger charge is 2.25. The van der Waals surface area contributed by atoms with Crippen LogP contribution >= 0.6 is 0 Å². The molecule has 0 aromatic carbocycles. The van der Waals surface area contributed by atoms with Crippen molar-refractivity contribution >= 4 is 15.8 Å². The van der Waals surface area contributed by atoms with E-state index in [2.05, 4.69) is 10.3 Å². The lowest BCUT2D eigenvalue weighted by Gasteiger charge is -2.23. The average Bonchev–Trinajstić information content (AvgIpc) is 2.43. The van der Waals surface area contributed by atoms with Gasteiger partial charge in [-0.3, -0.25) is 0 Å². The van der Waals surface area contributed by atoms with Crippen molar-refractivity contribution in [1.82, 2.24) is 9.29 Å². The van der Waals surface area contributed by atoms with E-state index in [9.17, 15) is 8.42 Å². The molecule has 1 rings (SSSR count). The number of rotatable bonds is 8. The van der Waals surface area contributed by atoms with Crippen molar-refractivity contribution in [2.75, 3.05) is 39.2 Å². The molecule has 0 radical (unpaired) electrons. The lowest BCUT2D eigenvalue weighted by atomic mass is 10.2. The topological polar surface area (TPSA) is 71.5 Å². The molecule has 0 saturated carbocycles. The second kappa shape index (κ2) is 7.56. The van der Waals surface area contributed by atoms with Gasteiger partial charge in [-0.2, -0.15) is 4.31 Å². The van der Waals surface area contributed by atoms with E-state index in [1.165, 1.54) is 22.6 Å². The highest BCUT2D eigenvalue weighted by atomic mass is 32.2. The van der Waals surface area contributed by atoms with Crippen LogP contribution in [0.5, 0.6) is 0 Å². The third kappa shape index (κ3) is 4.43. The number of anilines is 1. The maximum Gasteiger partial charge on any atom is 0.243 e. The number of hydrogen-bond donors (Lipinski definition) is 1. The van der Waals surface area contributed by atoms with Gasteiger partial charge < -0.3 is 10.1 Å². The molecule has 0 unspecified atom stereocenters. The van der Waals surface area contributed by atoms with Gasteiger partial charge in [0.05, 0.1) is 11.5 Å². The first-order chi connectivity index (χ1) is 9.41. The number of nitrogens with one attached hydrogen (secondary N) is 1. The van der Waals surface area contributed by atoms with Gasteiger partial charge in [0.1, 0.15) is 5.82 Å². The van der Waals surface area contributed by atoms with Gasteiger partial charge in [0, 0.05) is 39.5 Å². The molecule has 6 nitrogen and oxygen atoms in total. The summed E-state index contributed by atoms with van der Waals surface area (Å²) >= 11 is 0. The summed E-state index contributed by atoms with van der Waals surface area (Å²) in [5.74, 6) is 0.773. The zero-order chi connectivity index (χ0) is 15.2. The first-order valence-electron chi connectivity index (χ1n) is 6.54. The Labute approximate surface area is 121 Å². The van der Waals surface area contributed by atoms with Crippen LogP contribution in [0.2, 0.25) is 0 Å². The fourth-order valence-electron chi connectivity index (χ4n) is 1.77. The molecule has 1 aromatic rings. The van der Waals surface area contributed by atoms with Crippen LogP contribution < -0.4 is 5.32 Å². The monoisotopic (exact) mass is 301 g/mol. The number of nitrogens with zero attached hydrogens (tertiary/aromatic N) is 2. The summed E-state index contributed by atoms with van der Waals surface area (Å²) in [4.78, 5) is 4.28. The standard InChI is InChI=1S/C13H23N3O3S/c1-11(2)10-16(7-8-19-4)20(17,18)12-5-6-15-13(9-12)14-3/h5-6,9,11H,7-8,10H2,1-4H3,(H,14,15). The SMILES string of the molecule is CNc1cc(S(=O)(=O)N(CCOC)CC(C)C)ccn1. The molecule has 0 spiro atoms. The summed E-state index contributed by atoms with van der Waals surface area (Å²) in [6, 6.07) is 3.05. The van der Waals surface area contributed by atoms with Gasteiger partial charge in [0.25, 0.3) is 0 Å². The Kier molecular flexibility index (Phi) is 6.38. The minimum Gasteiger partial charge on any atom is -0.383 e. The number of hydrogen-bond acceptors (Lipinski definition) is 5. The highest BCUT2D eigenvalue weighted by molar-refractivity contribution is 7.89. The number of methoxy groups -OCH3 is 1. The van der Waals surface area contributed by atoms with E-state index in [1.807, 2.05) is 13.8 Å². The van der Waals surface area contributed by atoms with Crippen molar-refractivity contribution in [3.8, 4) is 0 Å². The summed E-state index contributed by atoms with van der Waals surface area (Å²) in [5.41, 5.74) is 0. The lowest BCUT2D eigenvalue weighted by Crippen LogP contribution is -2.36. The maximum absolute atomic E-state index is 12.7. The van der Waals surface area contributed by atoms with E-state index >= 15 is 0 Å². The van der Waals surface area contributed by atoms with Gasteiger partial charge in [0.2, 0.25) is 10.0 Å². The second-order valence-corrected chi connectivity index (χ2v) is 6.81. The van der Waals surface area contributed by atoms with E-state index in [1.54, 1.807) is 14.2 Å². The molecular formula is C13H23N3O3S. The Morgan fingerprint density at radius 1 is 1.45 bits per heavy atom. The van der Waals surface area contributed by atoms with Crippen LogP contribution in [0, 0.1) is 5.92 Å². The molecule has 0 atom stereocenters. The molecule has 0 bridgehead atoms. The minimum atomic E-state index is -3.53. The predicted molar refractivity (Wildman–Crippen MR) is 79.3 cm³/mol. The number of sulfonamides is 1. The van der Waals surface area contributed by atoms with Crippen molar-refractivity contribution in [2.45, 2.75) is 18.7 Å². The number of ether oxygens (including phenoxy) is 1. The Bertz CT molecular complexity index is 517. The molecule has 0 aliphatic heterocycles. The van der Waals surface area contributed by atoms with Crippen molar-refractivity contribution in [3.63, 3.8) is 0 Å². The minimum absolute atomic E-state index is 0.243. The summed E-state index contributed by atoms with van der Waals surface area (Å²) < 4.78 is 31.8. The van der Waals surface area contributed by atoms with E-state index in [-0.39, 0.29) is 10.8 Å². The lowest BCUT2D eigenvalue weighted by molar-refractivity contribution is 0.175. The molecular weight excluding hydrogens is 278 g/mol. The Balaban J connectivity index is 3.07. The number of pyridine rings is 1. The molecule has 0 fully saturated rings. The van der Waals surface area contributed by atoms with Gasteiger partial charge in [-0.25, -0.2) is 13.4 Å². The first-order valence-corrected chi connectivity index (χ1v) is 7.98. The number of aromatic nitrogens is 1. The fraction of sp³-hybridized carbons (Fsp3) is 0.615. The Hall–Kier alpha value is -1.18. The molecule has 1 heterocycles. The molecule has 1 N–H and O–H groups in total. The Morgan fingerprint density at radius 3 is 2.70 bits per heavy atom. The fourth-order valence-corrected chi connectivity index (χ4v) is 3.37. The van der Waals surface area contributed by atoms with E-state index < -0.39 is 10.0 Å². The molecule has 0 saturated heterocycles. The predicted octanol–water partition coefficient (Wildman–Crippen LogP) is 1.42. The van der Waals surface area contributed by atoms with Crippen LogP contribution in [-0.4, -0.2) is 51.6 Å². The molecule has 0 aliphatic rings. The van der Waals surface area contributed by atoms with Gasteiger partial charge >= 0.3 is 0 Å². The van der Waals surface area contributed by atoms with Crippen LogP contribution in [0.25, 0.3) is 0 Å². The third-order valence-electron chi connectivity index (χ3n) is 2.74. The molecule has 1 aromatic heterocycles. The van der Waals surface area contributed by atoms with Crippen LogP contribution in [0.1, 0.15) is 13.8 Å². The summed E-state index contributed by atoms with van der Waals surface area (Å²) in [7, 11) is -0.263. The van der Waals surface area contributed by atoms with E-state index in [0.717, 1.165) is 0 Å². The van der Waals surface area contributed by atoms with Crippen LogP contribution in [-0.2, 0) is 14.8 Å². The molecule has 20 heavy (non-hydrogen) atoms. The van der Waals surface area contributed by atoms with Crippen LogP contribution in [0.4, 0.5) is 5.82 Å². The zero-order valence-electron chi connectivity index (χ0n) is 12.5. The van der Waals surface area contributed by atoms with Gasteiger partial charge in [-0.05, 0) is 12.0 Å². The smallest absolute Gasteiger partial charge is 0.243 e. The van der Waals surface area contributed by atoms with E-state index in [0.29, 0.717) is 25.5 Å². The van der Waals surface area contributed by atoms with Crippen LogP contribution in [0.15, 0.2) is 23.2 Å². The van der Waals surface area contributed by atoms with Crippen molar-refractivity contribution in [3.05, 3.63) is 18.3 Å². The van der Waals surface area contributed by atoms with Gasteiger partial charge in [0.15, 0.2) is 0 Å². The summed E-state index contributed by atoms with van der Waals surface area (Å²) in [5, 5.41) is 2.84. The molecule has 0 aliphatic carbocycles. The van der Waals surface area contributed by atoms with Crippen LogP contribution in [0.3, 0.4) is 0 Å². The molecule has 114 valence electrons. The summed E-state index contributed by atoms with van der Waals surface area (Å²) in [6.45, 7) is 5.15. The molecule has 0 amide bonds. The van der Waals surface area contributed by atoms with Gasteiger partial charge in [-0.15, -0.1) is 0 Å². The molecule has 7 heteroatoms. The normalized spacial score (nSPS) is 12.1. The quantitative estimate of drug-likeness (QED) is 0.786. The Morgan fingerprint density at radius 2 is 2.15 bits per heavy atom. The van der Waals surface area contributed by atoms with Crippen molar-refractivity contribution < 1.29 is 13.2 Å². The van der Waals surface area contributed by atoms with E-state index in [4.69, 9.17) is 4.74 Å². The van der Waals surface area contributed by atoms with Crippen molar-refractivity contribution in [1.29, 1.82) is 0 Å². The highest BCUT2D eigenvalue weighted by Crippen LogP contribution is 2.18. The van der Waals surface area contributed by atoms with Crippen molar-refractivity contribution in [2.24, 2.45) is 5.92 Å². The zero-order valence-corrected chi connectivity index (χ0v) is 13.3. The second-order valence-electron chi connectivity index (χ2n) is 4.88. The first kappa shape index (κ1) is 16.9. The largest absolute Gasteiger partial charge is 0.383 e. The maximum atomic E-state index is 12.7. The average molecular weight is 301 g/mol.